The molecule has 2 N–H and O–H groups in total. The highest BCUT2D eigenvalue weighted by Gasteiger charge is 2.11. The molecule has 2 aromatic carbocycles. The molecule has 3 rings (SSSR count). The Balaban J connectivity index is 1.59. The van der Waals surface area contributed by atoms with Crippen LogP contribution in [0.2, 0.25) is 0 Å². The number of nitrogens with zero attached hydrogens (tertiary/aromatic N) is 2. The Hall–Kier alpha value is -3.42. The Morgan fingerprint density at radius 3 is 2.60 bits per heavy atom. The SMILES string of the molecule is COc1ccccc1OCC(=O)Nc1n[nH]c(-c2ccc(F)cc2)n1. The van der Waals surface area contributed by atoms with Crippen molar-refractivity contribution in [1.29, 1.82) is 0 Å². The van der Waals surface area contributed by atoms with E-state index in [1.807, 2.05) is 0 Å². The summed E-state index contributed by atoms with van der Waals surface area (Å²) in [7, 11) is 1.52. The molecule has 1 heterocycles. The number of amides is 1. The first-order valence-electron chi connectivity index (χ1n) is 7.39. The number of hydrogen-bond acceptors (Lipinski definition) is 5. The molecule has 0 fully saturated rings. The fraction of sp³-hybridized carbons (Fsp3) is 0.118. The highest BCUT2D eigenvalue weighted by atomic mass is 19.1. The number of carbonyl (C=O) groups excluding carboxylic acids is 1. The Morgan fingerprint density at radius 1 is 1.16 bits per heavy atom. The van der Waals surface area contributed by atoms with Crippen molar-refractivity contribution < 1.29 is 18.7 Å². The van der Waals surface area contributed by atoms with E-state index < -0.39 is 5.91 Å². The van der Waals surface area contributed by atoms with Crippen LogP contribution in [0.25, 0.3) is 11.4 Å². The summed E-state index contributed by atoms with van der Waals surface area (Å²) in [6, 6.07) is 12.8. The van der Waals surface area contributed by atoms with Gasteiger partial charge in [-0.05, 0) is 36.4 Å². The van der Waals surface area contributed by atoms with Crippen LogP contribution in [0, 0.1) is 5.82 Å². The predicted octanol–water partition coefficient (Wildman–Crippen LogP) is 2.64. The van der Waals surface area contributed by atoms with Crippen molar-refractivity contribution in [3.05, 3.63) is 54.3 Å². The average Bonchev–Trinajstić information content (AvgIpc) is 3.09. The fourth-order valence-electron chi connectivity index (χ4n) is 2.10. The van der Waals surface area contributed by atoms with E-state index in [4.69, 9.17) is 9.47 Å². The zero-order valence-electron chi connectivity index (χ0n) is 13.3. The van der Waals surface area contributed by atoms with E-state index in [9.17, 15) is 9.18 Å². The molecule has 0 saturated heterocycles. The lowest BCUT2D eigenvalue weighted by molar-refractivity contribution is -0.118. The van der Waals surface area contributed by atoms with Gasteiger partial charge < -0.3 is 9.47 Å². The third-order valence-corrected chi connectivity index (χ3v) is 3.28. The molecule has 0 radical (unpaired) electrons. The maximum Gasteiger partial charge on any atom is 0.264 e. The molecule has 3 aromatic rings. The van der Waals surface area contributed by atoms with E-state index >= 15 is 0 Å². The molecule has 8 heteroatoms. The Labute approximate surface area is 142 Å². The second kappa shape index (κ2) is 7.43. The normalized spacial score (nSPS) is 10.3. The molecule has 1 aromatic heterocycles. The van der Waals surface area contributed by atoms with E-state index in [-0.39, 0.29) is 18.4 Å². The number of nitrogens with one attached hydrogen (secondary N) is 2. The first-order valence-corrected chi connectivity index (χ1v) is 7.39. The lowest BCUT2D eigenvalue weighted by Gasteiger charge is -2.09. The smallest absolute Gasteiger partial charge is 0.264 e. The number of ether oxygens (including phenoxy) is 2. The number of aromatic nitrogens is 3. The number of rotatable bonds is 6. The molecule has 1 amide bonds. The van der Waals surface area contributed by atoms with Crippen LogP contribution in [-0.4, -0.2) is 34.8 Å². The van der Waals surface area contributed by atoms with E-state index in [2.05, 4.69) is 20.5 Å². The number of benzene rings is 2. The topological polar surface area (TPSA) is 89.1 Å². The van der Waals surface area contributed by atoms with Crippen molar-refractivity contribution in [2.45, 2.75) is 0 Å². The second-order valence-corrected chi connectivity index (χ2v) is 5.00. The third kappa shape index (κ3) is 4.11. The summed E-state index contributed by atoms with van der Waals surface area (Å²) in [6.45, 7) is -0.221. The highest BCUT2D eigenvalue weighted by Crippen LogP contribution is 2.25. The third-order valence-electron chi connectivity index (χ3n) is 3.28. The van der Waals surface area contributed by atoms with Crippen molar-refractivity contribution in [2.24, 2.45) is 0 Å². The van der Waals surface area contributed by atoms with E-state index in [0.29, 0.717) is 22.9 Å². The molecular weight excluding hydrogens is 327 g/mol. The average molecular weight is 342 g/mol. The molecule has 0 atom stereocenters. The standard InChI is InChI=1S/C17H15FN4O3/c1-24-13-4-2-3-5-14(13)25-10-15(23)19-17-20-16(21-22-17)11-6-8-12(18)9-7-11/h2-9H,10H2,1H3,(H2,19,20,21,22,23). The molecule has 0 aliphatic heterocycles. The summed E-state index contributed by atoms with van der Waals surface area (Å²) < 4.78 is 23.5. The van der Waals surface area contributed by atoms with Crippen LogP contribution in [0.1, 0.15) is 0 Å². The summed E-state index contributed by atoms with van der Waals surface area (Å²) in [6.07, 6.45) is 0. The van der Waals surface area contributed by atoms with Gasteiger partial charge in [0.25, 0.3) is 5.91 Å². The molecule has 0 spiro atoms. The second-order valence-electron chi connectivity index (χ2n) is 5.00. The Morgan fingerprint density at radius 2 is 1.88 bits per heavy atom. The molecule has 128 valence electrons. The van der Waals surface area contributed by atoms with Crippen LogP contribution in [-0.2, 0) is 4.79 Å². The molecule has 0 unspecified atom stereocenters. The highest BCUT2D eigenvalue weighted by molar-refractivity contribution is 5.90. The van der Waals surface area contributed by atoms with Crippen LogP contribution < -0.4 is 14.8 Å². The molecule has 7 nitrogen and oxygen atoms in total. The maximum absolute atomic E-state index is 12.9. The summed E-state index contributed by atoms with van der Waals surface area (Å²) in [4.78, 5) is 16.1. The summed E-state index contributed by atoms with van der Waals surface area (Å²) in [5.74, 6) is 0.753. The van der Waals surface area contributed by atoms with Gasteiger partial charge in [-0.1, -0.05) is 12.1 Å². The van der Waals surface area contributed by atoms with Crippen molar-refractivity contribution in [3.8, 4) is 22.9 Å². The van der Waals surface area contributed by atoms with Crippen LogP contribution in [0.15, 0.2) is 48.5 Å². The van der Waals surface area contributed by atoms with Gasteiger partial charge in [-0.3, -0.25) is 15.2 Å². The molecule has 0 bridgehead atoms. The summed E-state index contributed by atoms with van der Waals surface area (Å²) in [5, 5.41) is 9.10. The minimum atomic E-state index is -0.421. The number of hydrogen-bond donors (Lipinski definition) is 2. The number of aromatic amines is 1. The first kappa shape index (κ1) is 16.4. The maximum atomic E-state index is 12.9. The summed E-state index contributed by atoms with van der Waals surface area (Å²) >= 11 is 0. The van der Waals surface area contributed by atoms with Crippen molar-refractivity contribution >= 4 is 11.9 Å². The first-order chi connectivity index (χ1) is 12.2. The van der Waals surface area contributed by atoms with Crippen LogP contribution in [0.5, 0.6) is 11.5 Å². The molecule has 0 saturated carbocycles. The lowest BCUT2D eigenvalue weighted by atomic mass is 10.2. The minimum Gasteiger partial charge on any atom is -0.493 e. The van der Waals surface area contributed by atoms with Gasteiger partial charge in [0.15, 0.2) is 23.9 Å². The van der Waals surface area contributed by atoms with Gasteiger partial charge in [-0.15, -0.1) is 5.10 Å². The van der Waals surface area contributed by atoms with Crippen molar-refractivity contribution in [2.75, 3.05) is 19.0 Å². The molecule has 0 aliphatic rings. The predicted molar refractivity (Wildman–Crippen MR) is 88.9 cm³/mol. The monoisotopic (exact) mass is 342 g/mol. The number of para-hydroxylation sites is 2. The van der Waals surface area contributed by atoms with Crippen LogP contribution in [0.3, 0.4) is 0 Å². The van der Waals surface area contributed by atoms with E-state index in [1.165, 1.54) is 19.2 Å². The number of carbonyl (C=O) groups is 1. The van der Waals surface area contributed by atoms with Crippen molar-refractivity contribution in [1.82, 2.24) is 15.2 Å². The fourth-order valence-corrected chi connectivity index (χ4v) is 2.10. The molecule has 25 heavy (non-hydrogen) atoms. The molecular formula is C17H15FN4O3. The van der Waals surface area contributed by atoms with Crippen molar-refractivity contribution in [3.63, 3.8) is 0 Å². The van der Waals surface area contributed by atoms with Gasteiger partial charge in [0.2, 0.25) is 5.95 Å². The van der Waals surface area contributed by atoms with E-state index in [1.54, 1.807) is 36.4 Å². The van der Waals surface area contributed by atoms with E-state index in [0.717, 1.165) is 0 Å². The quantitative estimate of drug-likeness (QED) is 0.719. The largest absolute Gasteiger partial charge is 0.493 e. The van der Waals surface area contributed by atoms with Gasteiger partial charge in [-0.25, -0.2) is 4.39 Å². The number of H-pyrrole nitrogens is 1. The van der Waals surface area contributed by atoms with Gasteiger partial charge in [0, 0.05) is 5.56 Å². The summed E-state index contributed by atoms with van der Waals surface area (Å²) in [5.41, 5.74) is 0.652. The van der Waals surface area contributed by atoms with Gasteiger partial charge in [0.1, 0.15) is 5.82 Å². The number of anilines is 1. The van der Waals surface area contributed by atoms with Crippen LogP contribution >= 0.6 is 0 Å². The van der Waals surface area contributed by atoms with Gasteiger partial charge >= 0.3 is 0 Å². The van der Waals surface area contributed by atoms with Gasteiger partial charge in [0.05, 0.1) is 7.11 Å². The Kier molecular flexibility index (Phi) is 4.89. The zero-order chi connectivity index (χ0) is 17.6. The van der Waals surface area contributed by atoms with Gasteiger partial charge in [-0.2, -0.15) is 4.98 Å². The Bertz CT molecular complexity index is 864. The number of methoxy groups -OCH3 is 1. The number of halogens is 1. The van der Waals surface area contributed by atoms with Crippen LogP contribution in [0.4, 0.5) is 10.3 Å². The minimum absolute atomic E-state index is 0.105. The lowest BCUT2D eigenvalue weighted by Crippen LogP contribution is -2.21. The zero-order valence-corrected chi connectivity index (χ0v) is 13.3. The molecule has 0 aliphatic carbocycles.